The molecule has 1 atom stereocenters. The van der Waals surface area contributed by atoms with Crippen molar-refractivity contribution < 1.29 is 21.6 Å². The average molecular weight is 344 g/mol. The van der Waals surface area contributed by atoms with Crippen LogP contribution >= 0.6 is 11.3 Å². The highest BCUT2D eigenvalue weighted by Crippen LogP contribution is 2.38. The summed E-state index contributed by atoms with van der Waals surface area (Å²) >= 11 is 0.417. The number of rotatable bonds is 5. The molecule has 1 aliphatic rings. The predicted octanol–water partition coefficient (Wildman–Crippen LogP) is 2.10. The molecular weight excluding hydrogens is 329 g/mol. The Labute approximate surface area is 123 Å². The molecule has 5 nitrogen and oxygen atoms in total. The lowest BCUT2D eigenvalue weighted by atomic mass is 10.2. The van der Waals surface area contributed by atoms with Crippen molar-refractivity contribution in [2.75, 3.05) is 6.54 Å². The van der Waals surface area contributed by atoms with Crippen LogP contribution in [0.2, 0.25) is 0 Å². The molecule has 1 fully saturated rings. The van der Waals surface area contributed by atoms with Crippen LogP contribution in [-0.2, 0) is 10.0 Å². The molecule has 0 amide bonds. The summed E-state index contributed by atoms with van der Waals surface area (Å²) in [5.41, 5.74) is 0.0696. The lowest BCUT2D eigenvalue weighted by Gasteiger charge is -2.28. The number of thiazole rings is 1. The maximum atomic E-state index is 12.7. The Balaban J connectivity index is 2.43. The largest absolute Gasteiger partial charge is 0.402 e. The highest BCUT2D eigenvalue weighted by molar-refractivity contribution is 7.91. The average Bonchev–Trinajstić information content (AvgIpc) is 3.10. The van der Waals surface area contributed by atoms with E-state index in [1.54, 1.807) is 0 Å². The molecule has 1 saturated carbocycles. The van der Waals surface area contributed by atoms with Crippen LogP contribution in [0.15, 0.2) is 9.00 Å². The number of alkyl halides is 3. The molecule has 21 heavy (non-hydrogen) atoms. The molecule has 0 saturated heterocycles. The summed E-state index contributed by atoms with van der Waals surface area (Å²) in [5.74, 6) is -0.0573. The van der Waals surface area contributed by atoms with Gasteiger partial charge in [0.05, 0.1) is 0 Å². The van der Waals surface area contributed by atoms with Crippen LogP contribution in [0.5, 0.6) is 0 Å². The van der Waals surface area contributed by atoms with Gasteiger partial charge in [0, 0.05) is 11.7 Å². The summed E-state index contributed by atoms with van der Waals surface area (Å²) < 4.78 is 63.3. The van der Waals surface area contributed by atoms with E-state index in [0.29, 0.717) is 28.5 Å². The van der Waals surface area contributed by atoms with E-state index in [4.69, 9.17) is 0 Å². The molecule has 2 rings (SSSR count). The molecular formula is C11H15F3N2O3S2. The predicted molar refractivity (Wildman–Crippen MR) is 71.8 cm³/mol. The van der Waals surface area contributed by atoms with Crippen LogP contribution in [0, 0.1) is 12.8 Å². The monoisotopic (exact) mass is 344 g/mol. The fraction of sp³-hybridized carbons (Fsp3) is 0.727. The summed E-state index contributed by atoms with van der Waals surface area (Å²) in [6, 6.07) is -0.742. The quantitative estimate of drug-likeness (QED) is 0.889. The van der Waals surface area contributed by atoms with E-state index in [0.717, 1.165) is 0 Å². The molecule has 0 radical (unpaired) electrons. The van der Waals surface area contributed by atoms with Gasteiger partial charge in [-0.2, -0.15) is 17.5 Å². The number of halogens is 3. The van der Waals surface area contributed by atoms with E-state index < -0.39 is 33.7 Å². The molecule has 1 unspecified atom stereocenters. The van der Waals surface area contributed by atoms with Gasteiger partial charge in [0.25, 0.3) is 10.0 Å². The van der Waals surface area contributed by atoms with Crippen molar-refractivity contribution >= 4 is 21.4 Å². The van der Waals surface area contributed by atoms with Gasteiger partial charge < -0.3 is 4.98 Å². The van der Waals surface area contributed by atoms with E-state index >= 15 is 0 Å². The van der Waals surface area contributed by atoms with Crippen LogP contribution in [-0.4, -0.2) is 36.5 Å². The van der Waals surface area contributed by atoms with E-state index in [2.05, 4.69) is 4.98 Å². The van der Waals surface area contributed by atoms with E-state index in [1.165, 1.54) is 13.8 Å². The number of aromatic amines is 1. The lowest BCUT2D eigenvalue weighted by Crippen LogP contribution is -2.45. The van der Waals surface area contributed by atoms with Crippen molar-refractivity contribution in [3.05, 3.63) is 15.4 Å². The molecule has 0 spiro atoms. The first-order valence-electron chi connectivity index (χ1n) is 6.30. The summed E-state index contributed by atoms with van der Waals surface area (Å²) in [7, 11) is -4.35. The number of hydrogen-bond donors (Lipinski definition) is 1. The van der Waals surface area contributed by atoms with Crippen LogP contribution in [0.25, 0.3) is 0 Å². The van der Waals surface area contributed by atoms with Gasteiger partial charge in [0.1, 0.15) is 6.54 Å². The van der Waals surface area contributed by atoms with Crippen molar-refractivity contribution in [2.45, 2.75) is 43.1 Å². The zero-order chi connectivity index (χ0) is 16.0. The first kappa shape index (κ1) is 16.5. The second-order valence-electron chi connectivity index (χ2n) is 5.17. The van der Waals surface area contributed by atoms with Crippen molar-refractivity contribution in [2.24, 2.45) is 5.92 Å². The molecule has 1 aromatic heterocycles. The van der Waals surface area contributed by atoms with Gasteiger partial charge in [0.2, 0.25) is 0 Å². The Bertz CT molecular complexity index is 674. The van der Waals surface area contributed by atoms with E-state index in [-0.39, 0.29) is 15.8 Å². The third-order valence-corrected chi connectivity index (χ3v) is 6.93. The van der Waals surface area contributed by atoms with Gasteiger partial charge in [-0.1, -0.05) is 11.3 Å². The summed E-state index contributed by atoms with van der Waals surface area (Å²) in [6.45, 7) is 1.29. The maximum absolute atomic E-state index is 12.7. The summed E-state index contributed by atoms with van der Waals surface area (Å²) in [4.78, 5) is 12.9. The van der Waals surface area contributed by atoms with Gasteiger partial charge >= 0.3 is 11.0 Å². The Morgan fingerprint density at radius 2 is 2.00 bits per heavy atom. The lowest BCUT2D eigenvalue weighted by molar-refractivity contribution is -0.139. The zero-order valence-electron chi connectivity index (χ0n) is 11.4. The SMILES string of the molecule is Cc1[nH]c(=O)sc1S(=O)(=O)N(CC(F)(F)F)C(C)C1CC1. The number of aromatic nitrogens is 1. The third-order valence-electron chi connectivity index (χ3n) is 3.42. The normalized spacial score (nSPS) is 18.2. The summed E-state index contributed by atoms with van der Waals surface area (Å²) in [6.07, 6.45) is -3.20. The standard InChI is InChI=1S/C11H15F3N2O3S2/c1-6-9(20-10(17)15-6)21(18,19)16(5-11(12,13)14)7(2)8-3-4-8/h7-8H,3-5H2,1-2H3,(H,15,17). The highest BCUT2D eigenvalue weighted by atomic mass is 32.2. The molecule has 120 valence electrons. The minimum atomic E-state index is -4.63. The van der Waals surface area contributed by atoms with Gasteiger partial charge in [-0.25, -0.2) is 8.42 Å². The highest BCUT2D eigenvalue weighted by Gasteiger charge is 2.45. The van der Waals surface area contributed by atoms with Crippen LogP contribution in [0.4, 0.5) is 13.2 Å². The van der Waals surface area contributed by atoms with Gasteiger partial charge in [-0.15, -0.1) is 0 Å². The van der Waals surface area contributed by atoms with Gasteiger partial charge in [0.15, 0.2) is 4.21 Å². The fourth-order valence-electron chi connectivity index (χ4n) is 2.18. The second-order valence-corrected chi connectivity index (χ2v) is 8.24. The smallest absolute Gasteiger partial charge is 0.315 e. The molecule has 0 bridgehead atoms. The number of hydrogen-bond acceptors (Lipinski definition) is 4. The topological polar surface area (TPSA) is 70.2 Å². The van der Waals surface area contributed by atoms with E-state index in [9.17, 15) is 26.4 Å². The van der Waals surface area contributed by atoms with Crippen LogP contribution in [0.3, 0.4) is 0 Å². The molecule has 0 aliphatic heterocycles. The number of nitrogens with zero attached hydrogens (tertiary/aromatic N) is 1. The maximum Gasteiger partial charge on any atom is 0.402 e. The fourth-order valence-corrected chi connectivity index (χ4v) is 5.27. The van der Waals surface area contributed by atoms with Crippen LogP contribution < -0.4 is 4.87 Å². The van der Waals surface area contributed by atoms with Crippen molar-refractivity contribution in [1.29, 1.82) is 0 Å². The molecule has 1 N–H and O–H groups in total. The third kappa shape index (κ3) is 3.67. The Kier molecular flexibility index (Phi) is 4.24. The minimum Gasteiger partial charge on any atom is -0.315 e. The Morgan fingerprint density at radius 3 is 2.38 bits per heavy atom. The first-order chi connectivity index (χ1) is 9.52. The molecule has 1 aromatic rings. The van der Waals surface area contributed by atoms with Crippen molar-refractivity contribution in [3.8, 4) is 0 Å². The Hall–Kier alpha value is -0.870. The number of aryl methyl sites for hydroxylation is 1. The first-order valence-corrected chi connectivity index (χ1v) is 8.56. The molecule has 0 aromatic carbocycles. The van der Waals surface area contributed by atoms with Crippen molar-refractivity contribution in [1.82, 2.24) is 9.29 Å². The van der Waals surface area contributed by atoms with Gasteiger partial charge in [-0.3, -0.25) is 4.79 Å². The van der Waals surface area contributed by atoms with Crippen molar-refractivity contribution in [3.63, 3.8) is 0 Å². The number of H-pyrrole nitrogens is 1. The van der Waals surface area contributed by atoms with E-state index in [1.807, 2.05) is 0 Å². The minimum absolute atomic E-state index is 0.0573. The second kappa shape index (κ2) is 5.40. The number of nitrogens with one attached hydrogen (secondary N) is 1. The van der Waals surface area contributed by atoms with Gasteiger partial charge in [-0.05, 0) is 32.6 Å². The molecule has 1 aliphatic carbocycles. The molecule has 10 heteroatoms. The number of sulfonamides is 1. The Morgan fingerprint density at radius 1 is 1.43 bits per heavy atom. The molecule has 1 heterocycles. The van der Waals surface area contributed by atoms with Crippen LogP contribution in [0.1, 0.15) is 25.5 Å². The summed E-state index contributed by atoms with van der Waals surface area (Å²) in [5, 5.41) is 0. The zero-order valence-corrected chi connectivity index (χ0v) is 13.0.